The van der Waals surface area contributed by atoms with E-state index in [-0.39, 0.29) is 5.75 Å². The summed E-state index contributed by atoms with van der Waals surface area (Å²) in [5, 5.41) is 9.65. The van der Waals surface area contributed by atoms with E-state index in [1.165, 1.54) is 7.11 Å². The number of allylic oxidation sites excluding steroid dienone is 1. The van der Waals surface area contributed by atoms with Crippen LogP contribution in [0, 0.1) is 0 Å². The molecular weight excluding hydrogens is 228 g/mol. The molecule has 18 heavy (non-hydrogen) atoms. The maximum Gasteiger partial charge on any atom is 0.160 e. The van der Waals surface area contributed by atoms with Gasteiger partial charge >= 0.3 is 0 Å². The van der Waals surface area contributed by atoms with Crippen molar-refractivity contribution in [2.24, 2.45) is 0 Å². The first-order valence-electron chi connectivity index (χ1n) is 6.24. The van der Waals surface area contributed by atoms with Gasteiger partial charge in [-0.1, -0.05) is 25.8 Å². The Hall–Kier alpha value is -1.77. The van der Waals surface area contributed by atoms with Gasteiger partial charge in [-0.15, -0.1) is 0 Å². The Morgan fingerprint density at radius 2 is 2.17 bits per heavy atom. The van der Waals surface area contributed by atoms with Crippen LogP contribution in [-0.2, 0) is 4.79 Å². The Labute approximate surface area is 108 Å². The largest absolute Gasteiger partial charge is 0.504 e. The van der Waals surface area contributed by atoms with Crippen molar-refractivity contribution in [3.05, 3.63) is 29.3 Å². The van der Waals surface area contributed by atoms with Crippen molar-refractivity contribution in [3.63, 3.8) is 0 Å². The minimum Gasteiger partial charge on any atom is -0.504 e. The van der Waals surface area contributed by atoms with Crippen LogP contribution in [-0.4, -0.2) is 18.5 Å². The first-order valence-corrected chi connectivity index (χ1v) is 6.24. The number of unbranched alkanes of at least 4 members (excludes halogenated alkanes) is 2. The fourth-order valence-corrected chi connectivity index (χ4v) is 1.76. The lowest BCUT2D eigenvalue weighted by molar-refractivity contribution is -0.105. The van der Waals surface area contributed by atoms with E-state index in [2.05, 4.69) is 6.92 Å². The first-order chi connectivity index (χ1) is 8.71. The van der Waals surface area contributed by atoms with Crippen LogP contribution < -0.4 is 4.74 Å². The van der Waals surface area contributed by atoms with E-state index in [0.717, 1.165) is 43.1 Å². The molecular formula is C15H20O3. The van der Waals surface area contributed by atoms with Crippen molar-refractivity contribution in [2.75, 3.05) is 7.11 Å². The van der Waals surface area contributed by atoms with Gasteiger partial charge in [0.15, 0.2) is 11.5 Å². The summed E-state index contributed by atoms with van der Waals surface area (Å²) >= 11 is 0. The topological polar surface area (TPSA) is 46.5 Å². The van der Waals surface area contributed by atoms with E-state index < -0.39 is 0 Å². The van der Waals surface area contributed by atoms with Gasteiger partial charge in [0.2, 0.25) is 0 Å². The Kier molecular flexibility index (Phi) is 5.98. The Morgan fingerprint density at radius 3 is 2.72 bits per heavy atom. The number of phenols is 1. The summed E-state index contributed by atoms with van der Waals surface area (Å²) in [5.41, 5.74) is 1.57. The van der Waals surface area contributed by atoms with Crippen molar-refractivity contribution < 1.29 is 14.6 Å². The van der Waals surface area contributed by atoms with Crippen LogP contribution in [0.25, 0.3) is 6.08 Å². The molecule has 0 heterocycles. The standard InChI is InChI=1S/C15H20O3/c1-3-4-5-6-13(11-16)9-12-7-8-15(18-2)14(17)10-12/h7-11,17H,3-6H2,1-2H3/b13-9+. The van der Waals surface area contributed by atoms with Gasteiger partial charge < -0.3 is 9.84 Å². The Bertz CT molecular complexity index is 422. The normalized spacial score (nSPS) is 11.3. The van der Waals surface area contributed by atoms with Crippen molar-refractivity contribution >= 4 is 12.4 Å². The summed E-state index contributed by atoms with van der Waals surface area (Å²) in [7, 11) is 1.51. The quantitative estimate of drug-likeness (QED) is 0.456. The second kappa shape index (κ2) is 7.54. The Balaban J connectivity index is 2.78. The molecule has 0 fully saturated rings. The molecule has 0 aromatic heterocycles. The first kappa shape index (κ1) is 14.3. The van der Waals surface area contributed by atoms with Gasteiger partial charge in [-0.3, -0.25) is 4.79 Å². The predicted molar refractivity (Wildman–Crippen MR) is 72.8 cm³/mol. The third kappa shape index (κ3) is 4.24. The second-order valence-corrected chi connectivity index (χ2v) is 4.23. The lowest BCUT2D eigenvalue weighted by Crippen LogP contribution is -1.88. The number of hydrogen-bond donors (Lipinski definition) is 1. The molecule has 98 valence electrons. The smallest absolute Gasteiger partial charge is 0.160 e. The van der Waals surface area contributed by atoms with E-state index in [1.807, 2.05) is 12.1 Å². The molecule has 0 atom stereocenters. The van der Waals surface area contributed by atoms with E-state index in [1.54, 1.807) is 12.1 Å². The van der Waals surface area contributed by atoms with Crippen LogP contribution in [0.3, 0.4) is 0 Å². The molecule has 1 aromatic carbocycles. The zero-order valence-corrected chi connectivity index (χ0v) is 11.0. The molecule has 0 aliphatic rings. The molecule has 3 nitrogen and oxygen atoms in total. The van der Waals surface area contributed by atoms with Crippen molar-refractivity contribution in [2.45, 2.75) is 32.6 Å². The molecule has 0 saturated heterocycles. The number of carbonyl (C=O) groups is 1. The maximum absolute atomic E-state index is 11.0. The number of ether oxygens (including phenoxy) is 1. The monoisotopic (exact) mass is 248 g/mol. The Morgan fingerprint density at radius 1 is 1.39 bits per heavy atom. The number of carbonyl (C=O) groups excluding carboxylic acids is 1. The minimum atomic E-state index is 0.0880. The average Bonchev–Trinajstić information content (AvgIpc) is 2.38. The van der Waals surface area contributed by atoms with Crippen LogP contribution in [0.1, 0.15) is 38.2 Å². The number of rotatable bonds is 7. The van der Waals surface area contributed by atoms with Crippen LogP contribution in [0.15, 0.2) is 23.8 Å². The number of aromatic hydroxyl groups is 1. The molecule has 0 saturated carbocycles. The number of benzene rings is 1. The predicted octanol–water partition coefficient (Wildman–Crippen LogP) is 3.56. The van der Waals surface area contributed by atoms with Gasteiger partial charge in [0.25, 0.3) is 0 Å². The molecule has 0 radical (unpaired) electrons. The van der Waals surface area contributed by atoms with E-state index in [4.69, 9.17) is 4.74 Å². The van der Waals surface area contributed by atoms with E-state index in [9.17, 15) is 9.90 Å². The zero-order valence-electron chi connectivity index (χ0n) is 11.0. The molecule has 0 aliphatic heterocycles. The van der Waals surface area contributed by atoms with Crippen LogP contribution in [0.2, 0.25) is 0 Å². The van der Waals surface area contributed by atoms with Gasteiger partial charge in [-0.25, -0.2) is 0 Å². The van der Waals surface area contributed by atoms with Crippen molar-refractivity contribution in [1.82, 2.24) is 0 Å². The molecule has 1 rings (SSSR count). The fraction of sp³-hybridized carbons (Fsp3) is 0.400. The zero-order chi connectivity index (χ0) is 13.4. The molecule has 0 bridgehead atoms. The highest BCUT2D eigenvalue weighted by molar-refractivity contribution is 5.81. The van der Waals surface area contributed by atoms with Gasteiger partial charge in [0.1, 0.15) is 6.29 Å². The third-order valence-electron chi connectivity index (χ3n) is 2.78. The number of aldehydes is 1. The lowest BCUT2D eigenvalue weighted by Gasteiger charge is -2.04. The lowest BCUT2D eigenvalue weighted by atomic mass is 10.1. The summed E-state index contributed by atoms with van der Waals surface area (Å²) in [6.07, 6.45) is 6.75. The molecule has 0 amide bonds. The number of methoxy groups -OCH3 is 1. The van der Waals surface area contributed by atoms with Crippen molar-refractivity contribution in [1.29, 1.82) is 0 Å². The second-order valence-electron chi connectivity index (χ2n) is 4.23. The summed E-state index contributed by atoms with van der Waals surface area (Å²) in [6, 6.07) is 5.11. The fourth-order valence-electron chi connectivity index (χ4n) is 1.76. The molecule has 0 spiro atoms. The highest BCUT2D eigenvalue weighted by Gasteiger charge is 2.02. The van der Waals surface area contributed by atoms with E-state index >= 15 is 0 Å². The molecule has 1 aromatic rings. The van der Waals surface area contributed by atoms with E-state index in [0.29, 0.717) is 5.75 Å². The average molecular weight is 248 g/mol. The summed E-state index contributed by atoms with van der Waals surface area (Å²) in [5.74, 6) is 0.524. The maximum atomic E-state index is 11.0. The highest BCUT2D eigenvalue weighted by Crippen LogP contribution is 2.27. The minimum absolute atomic E-state index is 0.0880. The summed E-state index contributed by atoms with van der Waals surface area (Å²) in [6.45, 7) is 2.13. The number of phenolic OH excluding ortho intramolecular Hbond substituents is 1. The van der Waals surface area contributed by atoms with Gasteiger partial charge in [-0.2, -0.15) is 0 Å². The molecule has 3 heteroatoms. The third-order valence-corrected chi connectivity index (χ3v) is 2.78. The van der Waals surface area contributed by atoms with Crippen LogP contribution in [0.5, 0.6) is 11.5 Å². The van der Waals surface area contributed by atoms with Crippen LogP contribution >= 0.6 is 0 Å². The van der Waals surface area contributed by atoms with Crippen molar-refractivity contribution in [3.8, 4) is 11.5 Å². The van der Waals surface area contributed by atoms with Gasteiger partial charge in [0.05, 0.1) is 7.11 Å². The summed E-state index contributed by atoms with van der Waals surface area (Å²) < 4.78 is 4.97. The van der Waals surface area contributed by atoms with Crippen LogP contribution in [0.4, 0.5) is 0 Å². The summed E-state index contributed by atoms with van der Waals surface area (Å²) in [4.78, 5) is 11.0. The highest BCUT2D eigenvalue weighted by atomic mass is 16.5. The van der Waals surface area contributed by atoms with Gasteiger partial charge in [0, 0.05) is 0 Å². The van der Waals surface area contributed by atoms with Gasteiger partial charge in [-0.05, 0) is 42.2 Å². The molecule has 0 aliphatic carbocycles. The molecule has 0 unspecified atom stereocenters. The molecule has 1 N–H and O–H groups in total. The SMILES string of the molecule is CCCCC/C(C=O)=C\c1ccc(OC)c(O)c1. The number of hydrogen-bond acceptors (Lipinski definition) is 3.